The van der Waals surface area contributed by atoms with Crippen LogP contribution in [0.15, 0.2) is 51.7 Å². The Morgan fingerprint density at radius 2 is 2.05 bits per heavy atom. The molecule has 0 aliphatic heterocycles. The number of aryl methyl sites for hydroxylation is 1. The number of nitrogens with two attached hydrogens (primary N) is 1. The van der Waals surface area contributed by atoms with E-state index < -0.39 is 0 Å². The lowest BCUT2D eigenvalue weighted by Crippen LogP contribution is -1.89. The SMILES string of the molecule is Cc1cc(-c2onc(N)c2-c2cccnc2)ccc1Br. The lowest BCUT2D eigenvalue weighted by Gasteiger charge is -2.04. The van der Waals surface area contributed by atoms with Gasteiger partial charge in [-0.1, -0.05) is 27.2 Å². The highest BCUT2D eigenvalue weighted by molar-refractivity contribution is 9.10. The van der Waals surface area contributed by atoms with Gasteiger partial charge in [-0.25, -0.2) is 0 Å². The number of pyridine rings is 1. The quantitative estimate of drug-likeness (QED) is 0.770. The van der Waals surface area contributed by atoms with Crippen LogP contribution in [0.1, 0.15) is 5.56 Å². The van der Waals surface area contributed by atoms with Crippen LogP contribution in [0.5, 0.6) is 0 Å². The number of aromatic nitrogens is 2. The van der Waals surface area contributed by atoms with Crippen LogP contribution in [-0.4, -0.2) is 10.1 Å². The molecule has 3 aromatic rings. The van der Waals surface area contributed by atoms with Crippen molar-refractivity contribution in [3.05, 3.63) is 52.8 Å². The fraction of sp³-hybridized carbons (Fsp3) is 0.0667. The van der Waals surface area contributed by atoms with E-state index in [1.807, 2.05) is 37.3 Å². The molecule has 0 unspecified atom stereocenters. The predicted octanol–water partition coefficient (Wildman–Crippen LogP) is 4.06. The summed E-state index contributed by atoms with van der Waals surface area (Å²) in [6.07, 6.45) is 3.47. The lowest BCUT2D eigenvalue weighted by atomic mass is 10.0. The Hall–Kier alpha value is -2.14. The van der Waals surface area contributed by atoms with Crippen molar-refractivity contribution in [3.63, 3.8) is 0 Å². The Morgan fingerprint density at radius 3 is 2.75 bits per heavy atom. The molecule has 100 valence electrons. The third-order valence-corrected chi connectivity index (χ3v) is 3.98. The molecule has 0 amide bonds. The van der Waals surface area contributed by atoms with E-state index in [0.29, 0.717) is 11.6 Å². The van der Waals surface area contributed by atoms with Gasteiger partial charge in [-0.15, -0.1) is 0 Å². The van der Waals surface area contributed by atoms with Gasteiger partial charge in [-0.05, 0) is 36.8 Å². The zero-order chi connectivity index (χ0) is 14.1. The molecular formula is C15H12BrN3O. The largest absolute Gasteiger partial charge is 0.380 e. The Bertz CT molecular complexity index is 753. The molecule has 0 saturated heterocycles. The summed E-state index contributed by atoms with van der Waals surface area (Å²) in [5.74, 6) is 1.03. The number of nitrogen functional groups attached to an aromatic ring is 1. The molecule has 2 heterocycles. The van der Waals surface area contributed by atoms with Crippen LogP contribution in [0.4, 0.5) is 5.82 Å². The Kier molecular flexibility index (Phi) is 3.28. The summed E-state index contributed by atoms with van der Waals surface area (Å²) in [6, 6.07) is 9.78. The number of benzene rings is 1. The monoisotopic (exact) mass is 329 g/mol. The second-order valence-corrected chi connectivity index (χ2v) is 5.33. The first kappa shape index (κ1) is 12.9. The number of nitrogens with zero attached hydrogens (tertiary/aromatic N) is 2. The van der Waals surface area contributed by atoms with Gasteiger partial charge in [0.15, 0.2) is 11.6 Å². The molecule has 3 rings (SSSR count). The number of halogens is 1. The average molecular weight is 330 g/mol. The van der Waals surface area contributed by atoms with Gasteiger partial charge in [-0.2, -0.15) is 0 Å². The zero-order valence-electron chi connectivity index (χ0n) is 10.8. The number of rotatable bonds is 2. The topological polar surface area (TPSA) is 64.9 Å². The average Bonchev–Trinajstić information content (AvgIpc) is 2.85. The molecule has 0 aliphatic carbocycles. The highest BCUT2D eigenvalue weighted by Gasteiger charge is 2.18. The summed E-state index contributed by atoms with van der Waals surface area (Å²) < 4.78 is 6.47. The third-order valence-electron chi connectivity index (χ3n) is 3.09. The summed E-state index contributed by atoms with van der Waals surface area (Å²) in [5, 5.41) is 3.88. The van der Waals surface area contributed by atoms with Crippen molar-refractivity contribution >= 4 is 21.7 Å². The first-order chi connectivity index (χ1) is 9.66. The summed E-state index contributed by atoms with van der Waals surface area (Å²) in [7, 11) is 0. The van der Waals surface area contributed by atoms with Crippen LogP contribution in [0.25, 0.3) is 22.5 Å². The molecule has 5 heteroatoms. The molecule has 20 heavy (non-hydrogen) atoms. The van der Waals surface area contributed by atoms with E-state index in [1.165, 1.54) is 0 Å². The fourth-order valence-corrected chi connectivity index (χ4v) is 2.32. The summed E-state index contributed by atoms with van der Waals surface area (Å²) in [4.78, 5) is 4.12. The first-order valence-corrected chi connectivity index (χ1v) is 6.88. The maximum Gasteiger partial charge on any atom is 0.176 e. The summed E-state index contributed by atoms with van der Waals surface area (Å²) >= 11 is 3.49. The molecule has 0 atom stereocenters. The Balaban J connectivity index is 2.18. The van der Waals surface area contributed by atoms with Crippen LogP contribution in [0, 0.1) is 6.92 Å². The van der Waals surface area contributed by atoms with E-state index in [9.17, 15) is 0 Å². The molecule has 2 N–H and O–H groups in total. The van der Waals surface area contributed by atoms with Gasteiger partial charge in [0, 0.05) is 28.0 Å². The number of hydrogen-bond acceptors (Lipinski definition) is 4. The van der Waals surface area contributed by atoms with Crippen molar-refractivity contribution in [1.82, 2.24) is 10.1 Å². The van der Waals surface area contributed by atoms with Gasteiger partial charge >= 0.3 is 0 Å². The minimum absolute atomic E-state index is 0.369. The van der Waals surface area contributed by atoms with Gasteiger partial charge in [0.2, 0.25) is 0 Å². The maximum absolute atomic E-state index is 5.94. The number of hydrogen-bond donors (Lipinski definition) is 1. The zero-order valence-corrected chi connectivity index (χ0v) is 12.4. The molecule has 2 aromatic heterocycles. The first-order valence-electron chi connectivity index (χ1n) is 6.09. The molecular weight excluding hydrogens is 318 g/mol. The van der Waals surface area contributed by atoms with Crippen LogP contribution < -0.4 is 5.73 Å². The smallest absolute Gasteiger partial charge is 0.176 e. The minimum Gasteiger partial charge on any atom is -0.380 e. The van der Waals surface area contributed by atoms with Crippen LogP contribution >= 0.6 is 15.9 Å². The molecule has 0 bridgehead atoms. The summed E-state index contributed by atoms with van der Waals surface area (Å²) in [6.45, 7) is 2.02. The molecule has 1 aromatic carbocycles. The second kappa shape index (κ2) is 5.09. The van der Waals surface area contributed by atoms with E-state index in [1.54, 1.807) is 12.4 Å². The van der Waals surface area contributed by atoms with E-state index in [0.717, 1.165) is 26.7 Å². The van der Waals surface area contributed by atoms with Gasteiger partial charge in [0.1, 0.15) is 0 Å². The molecule has 0 radical (unpaired) electrons. The highest BCUT2D eigenvalue weighted by atomic mass is 79.9. The fourth-order valence-electron chi connectivity index (χ4n) is 2.08. The Labute approximate surface area is 124 Å². The second-order valence-electron chi connectivity index (χ2n) is 4.48. The van der Waals surface area contributed by atoms with Crippen molar-refractivity contribution in [2.24, 2.45) is 0 Å². The lowest BCUT2D eigenvalue weighted by molar-refractivity contribution is 0.436. The van der Waals surface area contributed by atoms with E-state index in [4.69, 9.17) is 10.3 Å². The van der Waals surface area contributed by atoms with Crippen LogP contribution in [-0.2, 0) is 0 Å². The minimum atomic E-state index is 0.369. The maximum atomic E-state index is 5.94. The van der Waals surface area contributed by atoms with Crippen molar-refractivity contribution in [3.8, 4) is 22.5 Å². The molecule has 0 fully saturated rings. The van der Waals surface area contributed by atoms with Gasteiger partial charge in [0.05, 0.1) is 5.56 Å². The van der Waals surface area contributed by atoms with Crippen molar-refractivity contribution in [2.45, 2.75) is 6.92 Å². The standard InChI is InChI=1S/C15H12BrN3O/c1-9-7-10(4-5-12(9)16)14-13(15(17)19-20-14)11-3-2-6-18-8-11/h2-8H,1H3,(H2,17,19). The van der Waals surface area contributed by atoms with E-state index >= 15 is 0 Å². The molecule has 0 spiro atoms. The molecule has 0 saturated carbocycles. The van der Waals surface area contributed by atoms with Crippen molar-refractivity contribution in [1.29, 1.82) is 0 Å². The van der Waals surface area contributed by atoms with E-state index in [2.05, 4.69) is 26.1 Å². The highest BCUT2D eigenvalue weighted by Crippen LogP contribution is 2.37. The van der Waals surface area contributed by atoms with Crippen LogP contribution in [0.2, 0.25) is 0 Å². The predicted molar refractivity (Wildman–Crippen MR) is 82.0 cm³/mol. The van der Waals surface area contributed by atoms with E-state index in [-0.39, 0.29) is 0 Å². The number of anilines is 1. The molecule has 0 aliphatic rings. The Morgan fingerprint density at radius 1 is 1.20 bits per heavy atom. The van der Waals surface area contributed by atoms with Gasteiger partial charge in [0.25, 0.3) is 0 Å². The third kappa shape index (κ3) is 2.20. The van der Waals surface area contributed by atoms with Crippen LogP contribution in [0.3, 0.4) is 0 Å². The normalized spacial score (nSPS) is 10.7. The van der Waals surface area contributed by atoms with Gasteiger partial charge in [-0.3, -0.25) is 4.98 Å². The van der Waals surface area contributed by atoms with Crippen molar-refractivity contribution in [2.75, 3.05) is 5.73 Å². The van der Waals surface area contributed by atoms with Gasteiger partial charge < -0.3 is 10.3 Å². The molecule has 4 nitrogen and oxygen atoms in total. The van der Waals surface area contributed by atoms with Crippen molar-refractivity contribution < 1.29 is 4.52 Å². The summed E-state index contributed by atoms with van der Waals surface area (Å²) in [5.41, 5.74) is 9.66.